The normalized spacial score (nSPS) is 12.4. The van der Waals surface area contributed by atoms with Gasteiger partial charge in [-0.25, -0.2) is 0 Å². The van der Waals surface area contributed by atoms with E-state index in [9.17, 15) is 13.2 Å². The van der Waals surface area contributed by atoms with Crippen LogP contribution < -0.4 is 5.32 Å². The van der Waals surface area contributed by atoms with Crippen LogP contribution in [0.4, 0.5) is 13.2 Å². The Kier molecular flexibility index (Phi) is 7.72. The van der Waals surface area contributed by atoms with E-state index in [1.54, 1.807) is 0 Å². The zero-order valence-electron chi connectivity index (χ0n) is 9.23. The van der Waals surface area contributed by atoms with Crippen LogP contribution in [-0.4, -0.2) is 51.1 Å². The fourth-order valence-electron chi connectivity index (χ4n) is 1.21. The molecule has 0 heterocycles. The lowest BCUT2D eigenvalue weighted by Gasteiger charge is -2.21. The zero-order valence-corrected chi connectivity index (χ0v) is 9.23. The molecule has 0 aromatic carbocycles. The minimum atomic E-state index is -4.51. The summed E-state index contributed by atoms with van der Waals surface area (Å²) in [6, 6.07) is 0. The lowest BCUT2D eigenvalue weighted by atomic mass is 10.4. The number of halogens is 3. The first-order valence-electron chi connectivity index (χ1n) is 5.07. The number of hydrogen-bond acceptors (Lipinski definition) is 3. The van der Waals surface area contributed by atoms with Crippen molar-refractivity contribution in [2.45, 2.75) is 19.7 Å². The van der Waals surface area contributed by atoms with Gasteiger partial charge in [-0.1, -0.05) is 6.92 Å². The molecule has 0 rings (SSSR count). The molecule has 92 valence electrons. The van der Waals surface area contributed by atoms with Crippen molar-refractivity contribution >= 4 is 0 Å². The molecule has 0 aliphatic rings. The highest BCUT2D eigenvalue weighted by Gasteiger charge is 2.28. The molecule has 0 fully saturated rings. The molecule has 0 aliphatic carbocycles. The quantitative estimate of drug-likeness (QED) is 0.680. The molecular formula is C9H19F3N2O. The lowest BCUT2D eigenvalue weighted by Crippen LogP contribution is -2.35. The predicted molar refractivity (Wildman–Crippen MR) is 52.7 cm³/mol. The standard InChI is InChI=1S/C9H19F3N2O/c1-3-5-14(6-4-13-2)7-8-15-9(10,11)12/h13H,3-8H2,1-2H3. The van der Waals surface area contributed by atoms with E-state index >= 15 is 0 Å². The summed E-state index contributed by atoms with van der Waals surface area (Å²) >= 11 is 0. The number of nitrogens with one attached hydrogen (secondary N) is 1. The van der Waals surface area contributed by atoms with Crippen molar-refractivity contribution in [1.29, 1.82) is 0 Å². The molecule has 0 saturated heterocycles. The molecule has 1 N–H and O–H groups in total. The van der Waals surface area contributed by atoms with Gasteiger partial charge in [0.05, 0.1) is 6.61 Å². The summed E-state index contributed by atoms with van der Waals surface area (Å²) in [7, 11) is 1.82. The van der Waals surface area contributed by atoms with Gasteiger partial charge in [0.2, 0.25) is 0 Å². The van der Waals surface area contributed by atoms with Crippen LogP contribution in [0, 0.1) is 0 Å². The number of hydrogen-bond donors (Lipinski definition) is 1. The molecule has 3 nitrogen and oxygen atoms in total. The van der Waals surface area contributed by atoms with E-state index in [2.05, 4.69) is 10.1 Å². The van der Waals surface area contributed by atoms with Crippen molar-refractivity contribution in [2.75, 3.05) is 39.8 Å². The summed E-state index contributed by atoms with van der Waals surface area (Å²) in [6.07, 6.45) is -3.59. The number of rotatable bonds is 8. The fourth-order valence-corrected chi connectivity index (χ4v) is 1.21. The van der Waals surface area contributed by atoms with Gasteiger partial charge in [-0.05, 0) is 20.0 Å². The Balaban J connectivity index is 3.65. The minimum Gasteiger partial charge on any atom is -0.318 e. The largest absolute Gasteiger partial charge is 0.522 e. The highest BCUT2D eigenvalue weighted by Crippen LogP contribution is 2.15. The molecule has 0 bridgehead atoms. The maximum absolute atomic E-state index is 11.7. The molecule has 0 amide bonds. The zero-order chi connectivity index (χ0) is 11.7. The molecule has 0 aromatic rings. The molecule has 0 aromatic heterocycles. The molecule has 0 radical (unpaired) electrons. The van der Waals surface area contributed by atoms with Crippen molar-refractivity contribution in [3.8, 4) is 0 Å². The summed E-state index contributed by atoms with van der Waals surface area (Å²) in [5, 5.41) is 2.96. The molecule has 0 atom stereocenters. The summed E-state index contributed by atoms with van der Waals surface area (Å²) < 4.78 is 38.8. The second kappa shape index (κ2) is 7.90. The van der Waals surface area contributed by atoms with E-state index < -0.39 is 6.36 Å². The van der Waals surface area contributed by atoms with Gasteiger partial charge in [0.25, 0.3) is 0 Å². The third-order valence-corrected chi connectivity index (χ3v) is 1.89. The van der Waals surface area contributed by atoms with Crippen molar-refractivity contribution in [2.24, 2.45) is 0 Å². The number of nitrogens with zero attached hydrogens (tertiary/aromatic N) is 1. The maximum atomic E-state index is 11.7. The van der Waals surface area contributed by atoms with Crippen molar-refractivity contribution in [1.82, 2.24) is 10.2 Å². The van der Waals surface area contributed by atoms with Crippen molar-refractivity contribution in [3.05, 3.63) is 0 Å². The molecule has 15 heavy (non-hydrogen) atoms. The summed E-state index contributed by atoms with van der Waals surface area (Å²) in [5.41, 5.74) is 0. The van der Waals surface area contributed by atoms with Crippen molar-refractivity contribution < 1.29 is 17.9 Å². The molecule has 0 unspecified atom stereocenters. The average molecular weight is 228 g/mol. The van der Waals surface area contributed by atoms with Crippen LogP contribution in [0.5, 0.6) is 0 Å². The Morgan fingerprint density at radius 2 is 1.87 bits per heavy atom. The van der Waals surface area contributed by atoms with Crippen LogP contribution in [0.1, 0.15) is 13.3 Å². The minimum absolute atomic E-state index is 0.298. The van der Waals surface area contributed by atoms with Gasteiger partial charge in [0.15, 0.2) is 0 Å². The van der Waals surface area contributed by atoms with E-state index in [4.69, 9.17) is 0 Å². The number of likely N-dealkylation sites (N-methyl/N-ethyl adjacent to an activating group) is 1. The second-order valence-electron chi connectivity index (χ2n) is 3.24. The number of ether oxygens (including phenoxy) is 1. The Labute approximate surface area is 88.6 Å². The predicted octanol–water partition coefficient (Wildman–Crippen LogP) is 1.45. The maximum Gasteiger partial charge on any atom is 0.522 e. The van der Waals surface area contributed by atoms with Gasteiger partial charge >= 0.3 is 6.36 Å². The van der Waals surface area contributed by atoms with Crippen LogP contribution >= 0.6 is 0 Å². The van der Waals surface area contributed by atoms with Crippen molar-refractivity contribution in [3.63, 3.8) is 0 Å². The van der Waals surface area contributed by atoms with Gasteiger partial charge in [-0.3, -0.25) is 9.64 Å². The Bertz CT molecular complexity index is 153. The van der Waals surface area contributed by atoms with Gasteiger partial charge in [0.1, 0.15) is 0 Å². The molecule has 0 saturated carbocycles. The second-order valence-corrected chi connectivity index (χ2v) is 3.24. The summed E-state index contributed by atoms with van der Waals surface area (Å²) in [4.78, 5) is 1.95. The van der Waals surface area contributed by atoms with E-state index in [0.29, 0.717) is 6.54 Å². The van der Waals surface area contributed by atoms with E-state index in [1.807, 2.05) is 18.9 Å². The van der Waals surface area contributed by atoms with Gasteiger partial charge < -0.3 is 5.32 Å². The van der Waals surface area contributed by atoms with E-state index in [0.717, 1.165) is 26.1 Å². The topological polar surface area (TPSA) is 24.5 Å². The lowest BCUT2D eigenvalue weighted by molar-refractivity contribution is -0.325. The summed E-state index contributed by atoms with van der Waals surface area (Å²) in [5.74, 6) is 0. The van der Waals surface area contributed by atoms with E-state index in [-0.39, 0.29) is 6.61 Å². The SMILES string of the molecule is CCCN(CCNC)CCOC(F)(F)F. The third-order valence-electron chi connectivity index (χ3n) is 1.89. The molecule has 0 spiro atoms. The molecule has 0 aliphatic heterocycles. The van der Waals surface area contributed by atoms with Crippen LogP contribution in [0.25, 0.3) is 0 Å². The monoisotopic (exact) mass is 228 g/mol. The Morgan fingerprint density at radius 1 is 1.20 bits per heavy atom. The van der Waals surface area contributed by atoms with Gasteiger partial charge in [0, 0.05) is 19.6 Å². The average Bonchev–Trinajstić information content (AvgIpc) is 2.12. The Morgan fingerprint density at radius 3 is 2.33 bits per heavy atom. The summed E-state index contributed by atoms with van der Waals surface area (Å²) in [6.45, 7) is 4.32. The van der Waals surface area contributed by atoms with Crippen LogP contribution in [-0.2, 0) is 4.74 Å². The van der Waals surface area contributed by atoms with Gasteiger partial charge in [-0.2, -0.15) is 0 Å². The Hall–Kier alpha value is -0.330. The number of alkyl halides is 3. The van der Waals surface area contributed by atoms with Crippen LogP contribution in [0.15, 0.2) is 0 Å². The smallest absolute Gasteiger partial charge is 0.318 e. The third kappa shape index (κ3) is 9.96. The van der Waals surface area contributed by atoms with Crippen LogP contribution in [0.3, 0.4) is 0 Å². The fraction of sp³-hybridized carbons (Fsp3) is 1.00. The first kappa shape index (κ1) is 14.7. The van der Waals surface area contributed by atoms with Crippen LogP contribution in [0.2, 0.25) is 0 Å². The first-order chi connectivity index (χ1) is 6.99. The van der Waals surface area contributed by atoms with Gasteiger partial charge in [-0.15, -0.1) is 13.2 Å². The molecular weight excluding hydrogens is 209 g/mol. The highest BCUT2D eigenvalue weighted by molar-refractivity contribution is 4.57. The first-order valence-corrected chi connectivity index (χ1v) is 5.07. The van der Waals surface area contributed by atoms with E-state index in [1.165, 1.54) is 0 Å². The highest BCUT2D eigenvalue weighted by atomic mass is 19.4. The molecule has 6 heteroatoms.